The van der Waals surface area contributed by atoms with E-state index in [2.05, 4.69) is 11.1 Å². The summed E-state index contributed by atoms with van der Waals surface area (Å²) in [6, 6.07) is 9.48. The molecule has 1 aromatic carbocycles. The van der Waals surface area contributed by atoms with Crippen molar-refractivity contribution in [3.05, 3.63) is 51.8 Å². The topological polar surface area (TPSA) is 94.9 Å². The van der Waals surface area contributed by atoms with E-state index in [1.807, 2.05) is 43.3 Å². The summed E-state index contributed by atoms with van der Waals surface area (Å²) in [7, 11) is 3.93. The average molecular weight is 383 g/mol. The van der Waals surface area contributed by atoms with E-state index in [1.165, 1.54) is 11.8 Å². The Balaban J connectivity index is 2.14. The number of hydrogen-bond donors (Lipinski definition) is 1. The van der Waals surface area contributed by atoms with Gasteiger partial charge in [-0.25, -0.2) is 9.79 Å². The number of nitrogens with two attached hydrogens (primary N) is 1. The van der Waals surface area contributed by atoms with Gasteiger partial charge in [-0.15, -0.1) is 0 Å². The molecule has 3 rings (SSSR count). The molecule has 0 aliphatic carbocycles. The average Bonchev–Trinajstić information content (AvgIpc) is 2.96. The molecule has 0 amide bonds. The number of hydrogen-bond acceptors (Lipinski definition) is 8. The highest BCUT2D eigenvalue weighted by atomic mass is 32.2. The van der Waals surface area contributed by atoms with E-state index < -0.39 is 12.0 Å². The van der Waals surface area contributed by atoms with Crippen LogP contribution in [0.3, 0.4) is 0 Å². The third-order valence-corrected chi connectivity index (χ3v) is 5.37. The molecule has 27 heavy (non-hydrogen) atoms. The van der Waals surface area contributed by atoms with Gasteiger partial charge in [-0.2, -0.15) is 5.26 Å². The molecule has 8 heteroatoms. The number of benzene rings is 1. The van der Waals surface area contributed by atoms with Crippen molar-refractivity contribution in [2.45, 2.75) is 19.9 Å². The first-order valence-electron chi connectivity index (χ1n) is 8.49. The third-order valence-electron chi connectivity index (χ3n) is 4.40. The molecule has 0 spiro atoms. The van der Waals surface area contributed by atoms with Gasteiger partial charge in [0.1, 0.15) is 16.8 Å². The molecular formula is C19H21N5O2S. The van der Waals surface area contributed by atoms with Crippen molar-refractivity contribution in [2.24, 2.45) is 10.7 Å². The minimum atomic E-state index is -0.494. The summed E-state index contributed by atoms with van der Waals surface area (Å²) < 4.78 is 5.27. The second-order valence-electron chi connectivity index (χ2n) is 6.30. The second kappa shape index (κ2) is 7.37. The second-order valence-corrected chi connectivity index (χ2v) is 7.28. The first kappa shape index (κ1) is 18.9. The summed E-state index contributed by atoms with van der Waals surface area (Å²) in [6.07, 6.45) is 0. The van der Waals surface area contributed by atoms with Crippen LogP contribution in [0.15, 0.2) is 51.3 Å². The van der Waals surface area contributed by atoms with Crippen LogP contribution in [0.5, 0.6) is 0 Å². The number of rotatable bonds is 4. The van der Waals surface area contributed by atoms with Crippen LogP contribution in [0.25, 0.3) is 0 Å². The fourth-order valence-electron chi connectivity index (χ4n) is 3.08. The zero-order valence-corrected chi connectivity index (χ0v) is 16.5. The zero-order chi connectivity index (χ0) is 19.7. The molecule has 1 atom stereocenters. The van der Waals surface area contributed by atoms with Crippen molar-refractivity contribution >= 4 is 28.6 Å². The summed E-state index contributed by atoms with van der Waals surface area (Å²) in [5.74, 6) is -0.125. The third kappa shape index (κ3) is 3.26. The molecule has 1 aromatic rings. The molecule has 2 N–H and O–H groups in total. The number of amidine groups is 1. The lowest BCUT2D eigenvalue weighted by Gasteiger charge is -2.35. The van der Waals surface area contributed by atoms with Crippen molar-refractivity contribution in [3.63, 3.8) is 0 Å². The van der Waals surface area contributed by atoms with Crippen LogP contribution in [-0.4, -0.2) is 36.7 Å². The van der Waals surface area contributed by atoms with Crippen LogP contribution in [0.4, 0.5) is 5.69 Å². The summed E-state index contributed by atoms with van der Waals surface area (Å²) in [6.45, 7) is 3.81. The van der Waals surface area contributed by atoms with Gasteiger partial charge >= 0.3 is 5.97 Å². The largest absolute Gasteiger partial charge is 0.463 e. The lowest BCUT2D eigenvalue weighted by Crippen LogP contribution is -2.38. The number of anilines is 1. The predicted octanol–water partition coefficient (Wildman–Crippen LogP) is 2.70. The van der Waals surface area contributed by atoms with Crippen LogP contribution in [0.2, 0.25) is 0 Å². The number of carbonyl (C=O) groups is 1. The number of nitrogens with zero attached hydrogens (tertiary/aromatic N) is 4. The monoisotopic (exact) mass is 383 g/mol. The SMILES string of the molecule is CCOC(=O)C1=C(C)N=C2SC(C#N)=C(N)N2[C@H]1c1ccc(N(C)C)cc1. The van der Waals surface area contributed by atoms with E-state index in [1.54, 1.807) is 18.7 Å². The van der Waals surface area contributed by atoms with Crippen molar-refractivity contribution in [1.29, 1.82) is 5.26 Å². The van der Waals surface area contributed by atoms with E-state index in [0.29, 0.717) is 27.2 Å². The number of thioether (sulfide) groups is 1. The first-order chi connectivity index (χ1) is 12.9. The highest BCUT2D eigenvalue weighted by Crippen LogP contribution is 2.45. The Morgan fingerprint density at radius 1 is 1.41 bits per heavy atom. The standard InChI is InChI=1S/C19H21N5O2S/c1-5-26-18(25)15-11(2)22-19-24(17(21)14(10-20)27-19)16(15)12-6-8-13(9-7-12)23(3)4/h6-9,16H,5,21H2,1-4H3/t16-/m0/s1. The van der Waals surface area contributed by atoms with Crippen LogP contribution in [0.1, 0.15) is 25.5 Å². The first-order valence-corrected chi connectivity index (χ1v) is 9.31. The van der Waals surface area contributed by atoms with E-state index in [9.17, 15) is 10.1 Å². The van der Waals surface area contributed by atoms with Crippen molar-refractivity contribution in [3.8, 4) is 6.07 Å². The molecule has 2 heterocycles. The highest BCUT2D eigenvalue weighted by Gasteiger charge is 2.42. The number of ether oxygens (including phenoxy) is 1. The molecule has 0 aromatic heterocycles. The molecule has 0 bridgehead atoms. The zero-order valence-electron chi connectivity index (χ0n) is 15.7. The molecule has 0 unspecified atom stereocenters. The van der Waals surface area contributed by atoms with Gasteiger partial charge in [-0.1, -0.05) is 12.1 Å². The molecule has 0 saturated heterocycles. The molecule has 0 fully saturated rings. The number of fused-ring (bicyclic) bond motifs is 1. The number of nitriles is 1. The van der Waals surface area contributed by atoms with Crippen molar-refractivity contribution in [1.82, 2.24) is 4.90 Å². The Morgan fingerprint density at radius 2 is 2.07 bits per heavy atom. The van der Waals surface area contributed by atoms with Gasteiger partial charge in [0.2, 0.25) is 0 Å². The van der Waals surface area contributed by atoms with E-state index in [-0.39, 0.29) is 6.61 Å². The molecule has 2 aliphatic heterocycles. The molecule has 140 valence electrons. The van der Waals surface area contributed by atoms with E-state index in [0.717, 1.165) is 11.3 Å². The normalized spacial score (nSPS) is 18.9. The van der Waals surface area contributed by atoms with Gasteiger partial charge in [0, 0.05) is 19.8 Å². The van der Waals surface area contributed by atoms with Crippen LogP contribution in [-0.2, 0) is 9.53 Å². The maximum Gasteiger partial charge on any atom is 0.338 e. The Hall–Kier alpha value is -2.92. The number of carbonyl (C=O) groups excluding carboxylic acids is 1. The maximum atomic E-state index is 12.7. The van der Waals surface area contributed by atoms with Gasteiger partial charge in [-0.3, -0.25) is 4.90 Å². The van der Waals surface area contributed by atoms with E-state index in [4.69, 9.17) is 10.5 Å². The Bertz CT molecular complexity index is 909. The van der Waals surface area contributed by atoms with Crippen LogP contribution < -0.4 is 10.6 Å². The quantitative estimate of drug-likeness (QED) is 0.799. The Labute approximate surface area is 162 Å². The minimum absolute atomic E-state index is 0.266. The lowest BCUT2D eigenvalue weighted by molar-refractivity contribution is -0.139. The van der Waals surface area contributed by atoms with Gasteiger partial charge in [0.05, 0.1) is 23.9 Å². The summed E-state index contributed by atoms with van der Waals surface area (Å²) in [5, 5.41) is 9.96. The number of aliphatic imine (C=N–C) groups is 1. The lowest BCUT2D eigenvalue weighted by atomic mass is 9.94. The molecular weight excluding hydrogens is 362 g/mol. The summed E-state index contributed by atoms with van der Waals surface area (Å²) >= 11 is 1.21. The Morgan fingerprint density at radius 3 is 2.63 bits per heavy atom. The van der Waals surface area contributed by atoms with Gasteiger partial charge in [0.15, 0.2) is 5.17 Å². The minimum Gasteiger partial charge on any atom is -0.463 e. The van der Waals surface area contributed by atoms with Crippen molar-refractivity contribution in [2.75, 3.05) is 25.6 Å². The molecule has 0 radical (unpaired) electrons. The van der Waals surface area contributed by atoms with Crippen molar-refractivity contribution < 1.29 is 9.53 Å². The summed E-state index contributed by atoms with van der Waals surface area (Å²) in [4.78, 5) is 21.3. The van der Waals surface area contributed by atoms with Crippen LogP contribution >= 0.6 is 11.8 Å². The predicted molar refractivity (Wildman–Crippen MR) is 107 cm³/mol. The summed E-state index contributed by atoms with van der Waals surface area (Å²) in [5.41, 5.74) is 9.15. The maximum absolute atomic E-state index is 12.7. The Kier molecular flexibility index (Phi) is 5.15. The molecule has 2 aliphatic rings. The fourth-order valence-corrected chi connectivity index (χ4v) is 4.00. The van der Waals surface area contributed by atoms with Gasteiger partial charge in [-0.05, 0) is 43.3 Å². The number of allylic oxidation sites excluding steroid dienone is 2. The fraction of sp³-hybridized carbons (Fsp3) is 0.316. The molecule has 0 saturated carbocycles. The van der Waals surface area contributed by atoms with E-state index >= 15 is 0 Å². The van der Waals surface area contributed by atoms with Gasteiger partial charge in [0.25, 0.3) is 0 Å². The number of esters is 1. The van der Waals surface area contributed by atoms with Gasteiger partial charge < -0.3 is 15.4 Å². The molecule has 7 nitrogen and oxygen atoms in total. The highest BCUT2D eigenvalue weighted by molar-refractivity contribution is 8.17. The smallest absolute Gasteiger partial charge is 0.338 e. The van der Waals surface area contributed by atoms with Crippen LogP contribution in [0, 0.1) is 11.3 Å².